The van der Waals surface area contributed by atoms with E-state index in [4.69, 9.17) is 26.2 Å². The molecule has 0 saturated heterocycles. The van der Waals surface area contributed by atoms with Crippen molar-refractivity contribution < 1.29 is 39.6 Å². The highest BCUT2D eigenvalue weighted by Crippen LogP contribution is 2.15. The number of likely N-dealkylation sites (N-methyl/N-ethyl adjacent to an activating group) is 1. The average molecular weight is 320 g/mol. The Labute approximate surface area is 126 Å². The molecule has 0 saturated carbocycles. The largest absolute Gasteiger partial charge is 0.481 e. The molecule has 0 heterocycles. The van der Waals surface area contributed by atoms with E-state index in [0.717, 1.165) is 0 Å². The van der Waals surface area contributed by atoms with Crippen molar-refractivity contribution in [3.63, 3.8) is 0 Å². The number of rotatable bonds is 7. The van der Waals surface area contributed by atoms with Gasteiger partial charge in [0.2, 0.25) is 0 Å². The number of carboxylic acids is 3. The Bertz CT molecular complexity index is 454. The highest BCUT2D eigenvalue weighted by molar-refractivity contribution is 5.91. The predicted octanol–water partition coefficient (Wildman–Crippen LogP) is -1.31. The van der Waals surface area contributed by atoms with Crippen LogP contribution in [-0.2, 0) is 19.2 Å². The number of carboxylic acid groups (broad SMARTS) is 3. The summed E-state index contributed by atoms with van der Waals surface area (Å²) >= 11 is 0. The molecule has 10 heteroatoms. The van der Waals surface area contributed by atoms with Crippen LogP contribution in [0.1, 0.15) is 19.8 Å². The zero-order valence-electron chi connectivity index (χ0n) is 12.4. The Morgan fingerprint density at radius 3 is 1.50 bits per heavy atom. The average Bonchev–Trinajstić information content (AvgIpc) is 2.26. The van der Waals surface area contributed by atoms with Crippen LogP contribution in [0.5, 0.6) is 0 Å². The Hall–Kier alpha value is -2.62. The van der Waals surface area contributed by atoms with Crippen molar-refractivity contribution in [1.82, 2.24) is 4.90 Å². The van der Waals surface area contributed by atoms with Gasteiger partial charge in [-0.3, -0.25) is 14.4 Å². The number of allylic oxidation sites excluding steroid dienone is 1. The summed E-state index contributed by atoms with van der Waals surface area (Å²) in [5, 5.41) is 33.8. The topological polar surface area (TPSA) is 178 Å². The van der Waals surface area contributed by atoms with Crippen LogP contribution in [-0.4, -0.2) is 68.8 Å². The van der Waals surface area contributed by atoms with E-state index in [-0.39, 0.29) is 5.91 Å². The second-order valence-electron chi connectivity index (χ2n) is 4.41. The molecule has 0 bridgehead atoms. The normalized spacial score (nSPS) is 11.0. The van der Waals surface area contributed by atoms with Gasteiger partial charge < -0.3 is 31.1 Å². The minimum absolute atomic E-state index is 0.387. The summed E-state index contributed by atoms with van der Waals surface area (Å²) in [5.74, 6) is -5.41. The maximum absolute atomic E-state index is 10.5. The lowest BCUT2D eigenvalue weighted by atomic mass is 9.96. The van der Waals surface area contributed by atoms with Crippen LogP contribution in [0.4, 0.5) is 0 Å². The molecule has 22 heavy (non-hydrogen) atoms. The van der Waals surface area contributed by atoms with Crippen molar-refractivity contribution in [2.24, 2.45) is 5.73 Å². The Kier molecular flexibility index (Phi) is 9.20. The molecule has 0 aromatic carbocycles. The maximum Gasteiger partial charge on any atom is 0.336 e. The summed E-state index contributed by atoms with van der Waals surface area (Å²) in [6, 6.07) is 0. The molecule has 0 spiro atoms. The molecule has 0 fully saturated rings. The first-order valence-electron chi connectivity index (χ1n) is 5.90. The molecular formula is C12H20N2O8. The van der Waals surface area contributed by atoms with Crippen LogP contribution < -0.4 is 5.73 Å². The highest BCUT2D eigenvalue weighted by Gasteiger charge is 2.40. The SMILES string of the molecule is C/C=C(/C(N)=O)N(C)C.O=C(O)CC(O)(CC(=O)O)C(=O)O. The molecule has 0 radical (unpaired) electrons. The van der Waals surface area contributed by atoms with Crippen molar-refractivity contribution in [2.45, 2.75) is 25.4 Å². The molecule has 126 valence electrons. The Balaban J connectivity index is 0. The van der Waals surface area contributed by atoms with E-state index in [1.54, 1.807) is 32.0 Å². The molecule has 6 N–H and O–H groups in total. The fraction of sp³-hybridized carbons (Fsp3) is 0.500. The lowest BCUT2D eigenvalue weighted by Crippen LogP contribution is -2.42. The maximum atomic E-state index is 10.5. The van der Waals surface area contributed by atoms with Crippen molar-refractivity contribution in [1.29, 1.82) is 0 Å². The molecule has 10 nitrogen and oxygen atoms in total. The molecule has 0 atom stereocenters. The number of primary amides is 1. The minimum Gasteiger partial charge on any atom is -0.481 e. The van der Waals surface area contributed by atoms with Gasteiger partial charge in [-0.15, -0.1) is 0 Å². The number of carbonyl (C=O) groups is 4. The number of hydrogen-bond acceptors (Lipinski definition) is 6. The fourth-order valence-corrected chi connectivity index (χ4v) is 1.33. The molecule has 0 aromatic heterocycles. The van der Waals surface area contributed by atoms with E-state index in [1.807, 2.05) is 0 Å². The first-order chi connectivity index (χ1) is 9.87. The molecule has 1 amide bonds. The van der Waals surface area contributed by atoms with Crippen molar-refractivity contribution in [3.05, 3.63) is 11.8 Å². The predicted molar refractivity (Wildman–Crippen MR) is 73.7 cm³/mol. The number of aliphatic carboxylic acids is 3. The smallest absolute Gasteiger partial charge is 0.336 e. The van der Waals surface area contributed by atoms with Gasteiger partial charge in [-0.1, -0.05) is 6.08 Å². The number of nitrogens with zero attached hydrogens (tertiary/aromatic N) is 1. The lowest BCUT2D eigenvalue weighted by molar-refractivity contribution is -0.170. The molecule has 0 unspecified atom stereocenters. The zero-order valence-corrected chi connectivity index (χ0v) is 12.4. The molecule has 0 rings (SSSR count). The van der Waals surface area contributed by atoms with Gasteiger partial charge in [0, 0.05) is 14.1 Å². The number of hydrogen-bond donors (Lipinski definition) is 5. The monoisotopic (exact) mass is 320 g/mol. The second kappa shape index (κ2) is 9.34. The van der Waals surface area contributed by atoms with Crippen LogP contribution in [0.25, 0.3) is 0 Å². The second-order valence-corrected chi connectivity index (χ2v) is 4.41. The van der Waals surface area contributed by atoms with E-state index < -0.39 is 36.4 Å². The molecule has 0 aliphatic heterocycles. The first kappa shape index (κ1) is 21.7. The minimum atomic E-state index is -2.74. The Morgan fingerprint density at radius 1 is 1.05 bits per heavy atom. The number of amides is 1. The summed E-state index contributed by atoms with van der Waals surface area (Å²) in [7, 11) is 3.56. The van der Waals surface area contributed by atoms with Crippen molar-refractivity contribution >= 4 is 23.8 Å². The van der Waals surface area contributed by atoms with Crippen LogP contribution in [0.2, 0.25) is 0 Å². The van der Waals surface area contributed by atoms with Gasteiger partial charge >= 0.3 is 17.9 Å². The van der Waals surface area contributed by atoms with E-state index in [2.05, 4.69) is 0 Å². The Morgan fingerprint density at radius 2 is 1.41 bits per heavy atom. The third-order valence-electron chi connectivity index (χ3n) is 2.29. The summed E-state index contributed by atoms with van der Waals surface area (Å²) in [6.45, 7) is 1.78. The van der Waals surface area contributed by atoms with Gasteiger partial charge in [-0.2, -0.15) is 0 Å². The number of carbonyl (C=O) groups excluding carboxylic acids is 1. The highest BCUT2D eigenvalue weighted by atomic mass is 16.4. The number of nitrogens with two attached hydrogens (primary N) is 1. The van der Waals surface area contributed by atoms with Gasteiger partial charge in [0.05, 0.1) is 18.5 Å². The molecular weight excluding hydrogens is 300 g/mol. The van der Waals surface area contributed by atoms with Gasteiger partial charge in [0.25, 0.3) is 5.91 Å². The standard InChI is InChI=1S/C6H12N2O.C6H8O7/c1-4-5(6(7)9)8(2)3;7-3(8)1-6(13,5(11)12)2-4(9)10/h4H,1-3H3,(H2,7,9);13H,1-2H2,(H,7,8)(H,9,10)(H,11,12)/b5-4-;. The van der Waals surface area contributed by atoms with Crippen molar-refractivity contribution in [3.8, 4) is 0 Å². The van der Waals surface area contributed by atoms with Gasteiger partial charge in [0.15, 0.2) is 5.60 Å². The summed E-state index contributed by atoms with van der Waals surface area (Å²) in [5.41, 5.74) is 2.80. The van der Waals surface area contributed by atoms with Gasteiger partial charge in [-0.25, -0.2) is 4.79 Å². The van der Waals surface area contributed by atoms with Gasteiger partial charge in [0.1, 0.15) is 0 Å². The molecule has 0 aliphatic rings. The van der Waals surface area contributed by atoms with E-state index >= 15 is 0 Å². The van der Waals surface area contributed by atoms with E-state index in [0.29, 0.717) is 5.70 Å². The number of aliphatic hydroxyl groups is 1. The summed E-state index contributed by atoms with van der Waals surface area (Å²) in [4.78, 5) is 42.7. The lowest BCUT2D eigenvalue weighted by Gasteiger charge is -2.18. The zero-order chi connectivity index (χ0) is 18.1. The molecule has 0 aromatic rings. The molecule has 0 aliphatic carbocycles. The van der Waals surface area contributed by atoms with E-state index in [9.17, 15) is 19.2 Å². The van der Waals surface area contributed by atoms with Crippen LogP contribution in [0.3, 0.4) is 0 Å². The third kappa shape index (κ3) is 8.53. The third-order valence-corrected chi connectivity index (χ3v) is 2.29. The first-order valence-corrected chi connectivity index (χ1v) is 5.90. The summed E-state index contributed by atoms with van der Waals surface area (Å²) < 4.78 is 0. The van der Waals surface area contributed by atoms with Crippen LogP contribution in [0, 0.1) is 0 Å². The summed E-state index contributed by atoms with van der Waals surface area (Å²) in [6.07, 6.45) is -0.606. The van der Waals surface area contributed by atoms with Gasteiger partial charge in [-0.05, 0) is 6.92 Å². The quantitative estimate of drug-likeness (QED) is 0.356. The van der Waals surface area contributed by atoms with E-state index in [1.165, 1.54) is 0 Å². The van der Waals surface area contributed by atoms with Crippen LogP contribution in [0.15, 0.2) is 11.8 Å². The van der Waals surface area contributed by atoms with Crippen LogP contribution >= 0.6 is 0 Å². The fourth-order valence-electron chi connectivity index (χ4n) is 1.33. The van der Waals surface area contributed by atoms with Crippen molar-refractivity contribution in [2.75, 3.05) is 14.1 Å².